The van der Waals surface area contributed by atoms with Gasteiger partial charge in [-0.05, 0) is 5.56 Å². The zero-order chi connectivity index (χ0) is 12.7. The maximum atomic E-state index is 11.4. The summed E-state index contributed by atoms with van der Waals surface area (Å²) in [5.41, 5.74) is 2.81. The molecule has 0 heterocycles. The molecule has 92 valence electrons. The summed E-state index contributed by atoms with van der Waals surface area (Å²) < 4.78 is 4.25. The average Bonchev–Trinajstić information content (AvgIpc) is 2.36. The van der Waals surface area contributed by atoms with Crippen molar-refractivity contribution >= 4 is 12.2 Å². The molecule has 0 spiro atoms. The summed E-state index contributed by atoms with van der Waals surface area (Å²) in [4.78, 5) is 27.9. The topological polar surface area (TPSA) is 67.9 Å². The van der Waals surface area contributed by atoms with Crippen LogP contribution in [0.15, 0.2) is 30.3 Å². The minimum atomic E-state index is -0.827. The zero-order valence-electron chi connectivity index (χ0n) is 9.67. The molecule has 1 N–H and O–H groups in total. The van der Waals surface area contributed by atoms with E-state index in [2.05, 4.69) is 9.57 Å². The Morgan fingerprint density at radius 2 is 1.94 bits per heavy atom. The number of nitrogens with zero attached hydrogens (tertiary/aromatic N) is 1. The van der Waals surface area contributed by atoms with Crippen LogP contribution in [0.25, 0.3) is 0 Å². The predicted octanol–water partition coefficient (Wildman–Crippen LogP) is 1.53. The minimum Gasteiger partial charge on any atom is -0.451 e. The smallest absolute Gasteiger partial charge is 0.440 e. The largest absolute Gasteiger partial charge is 0.451 e. The molecule has 2 amide bonds. The van der Waals surface area contributed by atoms with Gasteiger partial charge in [0.15, 0.2) is 0 Å². The van der Waals surface area contributed by atoms with Crippen molar-refractivity contribution in [1.29, 1.82) is 0 Å². The Bertz CT molecular complexity index is 380. The maximum Gasteiger partial charge on any atom is 0.440 e. The number of methoxy groups -OCH3 is 1. The highest BCUT2D eigenvalue weighted by Gasteiger charge is 2.12. The number of nitrogens with one attached hydrogen (secondary N) is 1. The fourth-order valence-electron chi connectivity index (χ4n) is 1.13. The van der Waals surface area contributed by atoms with E-state index in [9.17, 15) is 9.59 Å². The van der Waals surface area contributed by atoms with E-state index in [-0.39, 0.29) is 0 Å². The number of hydrogen-bond acceptors (Lipinski definition) is 4. The second-order valence-electron chi connectivity index (χ2n) is 3.30. The van der Waals surface area contributed by atoms with Gasteiger partial charge in [-0.1, -0.05) is 30.3 Å². The molecule has 0 aliphatic carbocycles. The highest BCUT2D eigenvalue weighted by atomic mass is 16.7. The second kappa shape index (κ2) is 6.37. The molecular formula is C11H14N2O4. The Kier molecular flexibility index (Phi) is 4.80. The van der Waals surface area contributed by atoms with Crippen LogP contribution in [0.5, 0.6) is 0 Å². The lowest BCUT2D eigenvalue weighted by atomic mass is 10.2. The molecule has 0 fully saturated rings. The first kappa shape index (κ1) is 12.8. The van der Waals surface area contributed by atoms with Gasteiger partial charge in [0.05, 0.1) is 7.11 Å². The van der Waals surface area contributed by atoms with Crippen molar-refractivity contribution in [3.8, 4) is 0 Å². The highest BCUT2D eigenvalue weighted by molar-refractivity contribution is 5.71. The number of benzene rings is 1. The summed E-state index contributed by atoms with van der Waals surface area (Å²) in [5.74, 6) is 0. The van der Waals surface area contributed by atoms with Crippen LogP contribution in [0.3, 0.4) is 0 Å². The molecule has 0 unspecified atom stereocenters. The van der Waals surface area contributed by atoms with E-state index in [1.807, 2.05) is 35.8 Å². The number of ether oxygens (including phenoxy) is 1. The number of carbonyl (C=O) groups is 2. The van der Waals surface area contributed by atoms with Crippen molar-refractivity contribution in [2.24, 2.45) is 0 Å². The Morgan fingerprint density at radius 3 is 2.53 bits per heavy atom. The van der Waals surface area contributed by atoms with Crippen LogP contribution >= 0.6 is 0 Å². The molecule has 0 aliphatic rings. The van der Waals surface area contributed by atoms with Gasteiger partial charge in [-0.15, -0.1) is 5.48 Å². The summed E-state index contributed by atoms with van der Waals surface area (Å²) >= 11 is 0. The van der Waals surface area contributed by atoms with Crippen LogP contribution in [-0.4, -0.2) is 31.2 Å². The number of hydroxylamine groups is 1. The van der Waals surface area contributed by atoms with Crippen molar-refractivity contribution in [2.45, 2.75) is 6.54 Å². The van der Waals surface area contributed by atoms with Crippen molar-refractivity contribution in [3.05, 3.63) is 35.9 Å². The third kappa shape index (κ3) is 4.42. The summed E-state index contributed by atoms with van der Waals surface area (Å²) in [6.07, 6.45) is -1.49. The minimum absolute atomic E-state index is 0.391. The normalized spacial score (nSPS) is 9.29. The van der Waals surface area contributed by atoms with Gasteiger partial charge in [0.2, 0.25) is 0 Å². The van der Waals surface area contributed by atoms with Crippen LogP contribution in [-0.2, 0) is 16.1 Å². The summed E-state index contributed by atoms with van der Waals surface area (Å²) in [6.45, 7) is 0.391. The number of amides is 2. The molecule has 17 heavy (non-hydrogen) atoms. The van der Waals surface area contributed by atoms with Gasteiger partial charge in [0.25, 0.3) is 0 Å². The molecular weight excluding hydrogens is 224 g/mol. The lowest BCUT2D eigenvalue weighted by Gasteiger charge is -2.16. The Hall–Kier alpha value is -2.24. The van der Waals surface area contributed by atoms with E-state index >= 15 is 0 Å². The summed E-state index contributed by atoms with van der Waals surface area (Å²) in [5, 5.41) is 0. The highest BCUT2D eigenvalue weighted by Crippen LogP contribution is 2.03. The van der Waals surface area contributed by atoms with Crippen LogP contribution < -0.4 is 5.48 Å². The van der Waals surface area contributed by atoms with Gasteiger partial charge in [-0.2, -0.15) is 0 Å². The van der Waals surface area contributed by atoms with Crippen molar-refractivity contribution < 1.29 is 19.2 Å². The van der Waals surface area contributed by atoms with Crippen molar-refractivity contribution in [3.63, 3.8) is 0 Å². The van der Waals surface area contributed by atoms with Crippen LogP contribution in [0.2, 0.25) is 0 Å². The quantitative estimate of drug-likeness (QED) is 0.793. The Morgan fingerprint density at radius 1 is 1.29 bits per heavy atom. The monoisotopic (exact) mass is 238 g/mol. The molecule has 0 radical (unpaired) electrons. The molecule has 0 aliphatic heterocycles. The first-order valence-corrected chi connectivity index (χ1v) is 4.93. The fraction of sp³-hybridized carbons (Fsp3) is 0.273. The van der Waals surface area contributed by atoms with E-state index in [0.717, 1.165) is 5.56 Å². The third-order valence-electron chi connectivity index (χ3n) is 1.98. The maximum absolute atomic E-state index is 11.4. The Balaban J connectivity index is 2.40. The van der Waals surface area contributed by atoms with E-state index in [1.54, 1.807) is 7.05 Å². The SMILES string of the molecule is COC(=O)NOC(=O)N(C)Cc1ccccc1. The number of hydrogen-bond donors (Lipinski definition) is 1. The summed E-state index contributed by atoms with van der Waals surface area (Å²) in [7, 11) is 2.74. The van der Waals surface area contributed by atoms with E-state index in [4.69, 9.17) is 0 Å². The molecule has 6 heteroatoms. The van der Waals surface area contributed by atoms with Crippen LogP contribution in [0.4, 0.5) is 9.59 Å². The van der Waals surface area contributed by atoms with E-state index in [0.29, 0.717) is 6.54 Å². The molecule has 1 aromatic carbocycles. The van der Waals surface area contributed by atoms with E-state index < -0.39 is 12.2 Å². The zero-order valence-corrected chi connectivity index (χ0v) is 9.67. The van der Waals surface area contributed by atoms with Gasteiger partial charge in [-0.25, -0.2) is 9.59 Å². The molecule has 1 aromatic rings. The first-order valence-electron chi connectivity index (χ1n) is 4.93. The standard InChI is InChI=1S/C11H14N2O4/c1-13(8-9-6-4-3-5-7-9)11(15)17-12-10(14)16-2/h3-7H,8H2,1-2H3,(H,12,14). The van der Waals surface area contributed by atoms with Crippen LogP contribution in [0, 0.1) is 0 Å². The summed E-state index contributed by atoms with van der Waals surface area (Å²) in [6, 6.07) is 9.41. The van der Waals surface area contributed by atoms with Gasteiger partial charge >= 0.3 is 12.2 Å². The molecule has 0 saturated carbocycles. The molecule has 0 bridgehead atoms. The average molecular weight is 238 g/mol. The lowest BCUT2D eigenvalue weighted by molar-refractivity contribution is 0.0517. The molecule has 0 saturated heterocycles. The molecule has 0 aromatic heterocycles. The molecule has 6 nitrogen and oxygen atoms in total. The molecule has 0 atom stereocenters. The predicted molar refractivity (Wildman–Crippen MR) is 59.9 cm³/mol. The van der Waals surface area contributed by atoms with Gasteiger partial charge in [0.1, 0.15) is 0 Å². The van der Waals surface area contributed by atoms with Gasteiger partial charge < -0.3 is 14.5 Å². The third-order valence-corrected chi connectivity index (χ3v) is 1.98. The number of carbonyl (C=O) groups excluding carboxylic acids is 2. The van der Waals surface area contributed by atoms with Crippen molar-refractivity contribution in [2.75, 3.05) is 14.2 Å². The van der Waals surface area contributed by atoms with Gasteiger partial charge in [-0.3, -0.25) is 0 Å². The van der Waals surface area contributed by atoms with E-state index in [1.165, 1.54) is 12.0 Å². The van der Waals surface area contributed by atoms with Gasteiger partial charge in [0, 0.05) is 13.6 Å². The first-order chi connectivity index (χ1) is 8.13. The Labute approximate surface area is 99.1 Å². The van der Waals surface area contributed by atoms with Crippen LogP contribution in [0.1, 0.15) is 5.56 Å². The molecule has 1 rings (SSSR count). The second-order valence-corrected chi connectivity index (χ2v) is 3.30. The number of rotatable bonds is 2. The fourth-order valence-corrected chi connectivity index (χ4v) is 1.13. The lowest BCUT2D eigenvalue weighted by Crippen LogP contribution is -2.34. The van der Waals surface area contributed by atoms with Crippen molar-refractivity contribution in [1.82, 2.24) is 10.4 Å².